The lowest BCUT2D eigenvalue weighted by Gasteiger charge is -2.22. The van der Waals surface area contributed by atoms with Crippen LogP contribution in [-0.4, -0.2) is 25.5 Å². The molecule has 0 radical (unpaired) electrons. The Kier molecular flexibility index (Phi) is 5.01. The number of carbonyl (C=O) groups is 1. The molecule has 120 valence electrons. The minimum Gasteiger partial charge on any atom is -0.371 e. The number of rotatable bonds is 4. The SMILES string of the molecule is Cc1ccc(N2CCC(CNC(=O)C3CCCCC3)C2)cc1. The molecule has 1 unspecified atom stereocenters. The van der Waals surface area contributed by atoms with E-state index < -0.39 is 0 Å². The third kappa shape index (κ3) is 3.82. The van der Waals surface area contributed by atoms with Gasteiger partial charge in [-0.1, -0.05) is 37.0 Å². The van der Waals surface area contributed by atoms with Crippen molar-refractivity contribution in [1.29, 1.82) is 0 Å². The normalized spacial score (nSPS) is 22.8. The van der Waals surface area contributed by atoms with Crippen LogP contribution in [0.4, 0.5) is 5.69 Å². The van der Waals surface area contributed by atoms with Crippen LogP contribution in [0.15, 0.2) is 24.3 Å². The standard InChI is InChI=1S/C19H28N2O/c1-15-7-9-18(10-8-15)21-12-11-16(14-21)13-20-19(22)17-5-3-2-4-6-17/h7-10,16-17H,2-6,11-14H2,1H3,(H,20,22). The lowest BCUT2D eigenvalue weighted by atomic mass is 9.88. The quantitative estimate of drug-likeness (QED) is 0.923. The van der Waals surface area contributed by atoms with Gasteiger partial charge < -0.3 is 10.2 Å². The number of aryl methyl sites for hydroxylation is 1. The van der Waals surface area contributed by atoms with E-state index in [0.29, 0.717) is 11.8 Å². The molecule has 1 heterocycles. The van der Waals surface area contributed by atoms with Crippen molar-refractivity contribution in [1.82, 2.24) is 5.32 Å². The van der Waals surface area contributed by atoms with Crippen LogP contribution < -0.4 is 10.2 Å². The number of anilines is 1. The molecule has 1 atom stereocenters. The van der Waals surface area contributed by atoms with Crippen molar-refractivity contribution >= 4 is 11.6 Å². The first kappa shape index (κ1) is 15.4. The zero-order valence-corrected chi connectivity index (χ0v) is 13.7. The van der Waals surface area contributed by atoms with Gasteiger partial charge in [0.2, 0.25) is 5.91 Å². The summed E-state index contributed by atoms with van der Waals surface area (Å²) in [4.78, 5) is 14.7. The highest BCUT2D eigenvalue weighted by molar-refractivity contribution is 5.78. The summed E-state index contributed by atoms with van der Waals surface area (Å²) in [6, 6.07) is 8.76. The summed E-state index contributed by atoms with van der Waals surface area (Å²) in [6.07, 6.45) is 7.11. The van der Waals surface area contributed by atoms with Gasteiger partial charge in [0.1, 0.15) is 0 Å². The number of nitrogens with zero attached hydrogens (tertiary/aromatic N) is 1. The maximum Gasteiger partial charge on any atom is 0.223 e. The maximum atomic E-state index is 12.2. The van der Waals surface area contributed by atoms with Crippen LogP contribution in [0.3, 0.4) is 0 Å². The number of benzene rings is 1. The van der Waals surface area contributed by atoms with Crippen LogP contribution in [0.1, 0.15) is 44.1 Å². The molecule has 2 aliphatic rings. The van der Waals surface area contributed by atoms with Crippen LogP contribution in [0, 0.1) is 18.8 Å². The average Bonchev–Trinajstić information content (AvgIpc) is 3.03. The molecular weight excluding hydrogens is 272 g/mol. The molecule has 1 amide bonds. The highest BCUT2D eigenvalue weighted by atomic mass is 16.1. The lowest BCUT2D eigenvalue weighted by Crippen LogP contribution is -2.36. The molecule has 1 aromatic carbocycles. The van der Waals surface area contributed by atoms with Gasteiger partial charge in [-0.05, 0) is 44.2 Å². The van der Waals surface area contributed by atoms with Crippen molar-refractivity contribution in [3.63, 3.8) is 0 Å². The first-order chi connectivity index (χ1) is 10.7. The minimum atomic E-state index is 0.281. The van der Waals surface area contributed by atoms with E-state index >= 15 is 0 Å². The highest BCUT2D eigenvalue weighted by Gasteiger charge is 2.25. The van der Waals surface area contributed by atoms with E-state index in [1.807, 2.05) is 0 Å². The monoisotopic (exact) mass is 300 g/mol. The topological polar surface area (TPSA) is 32.3 Å². The number of hydrogen-bond acceptors (Lipinski definition) is 2. The summed E-state index contributed by atoms with van der Waals surface area (Å²) in [5.41, 5.74) is 2.62. The van der Waals surface area contributed by atoms with Crippen molar-refractivity contribution in [3.05, 3.63) is 29.8 Å². The van der Waals surface area contributed by atoms with Gasteiger partial charge in [-0.2, -0.15) is 0 Å². The molecule has 2 fully saturated rings. The smallest absolute Gasteiger partial charge is 0.223 e. The van der Waals surface area contributed by atoms with E-state index in [0.717, 1.165) is 32.5 Å². The fourth-order valence-electron chi connectivity index (χ4n) is 3.74. The minimum absolute atomic E-state index is 0.281. The van der Waals surface area contributed by atoms with E-state index in [1.54, 1.807) is 0 Å². The largest absolute Gasteiger partial charge is 0.371 e. The summed E-state index contributed by atoms with van der Waals surface area (Å²) in [6.45, 7) is 5.14. The fourth-order valence-corrected chi connectivity index (χ4v) is 3.74. The van der Waals surface area contributed by atoms with E-state index in [1.165, 1.54) is 36.9 Å². The molecule has 3 heteroatoms. The summed E-state index contributed by atoms with van der Waals surface area (Å²) in [5, 5.41) is 3.21. The molecule has 1 aliphatic heterocycles. The molecular formula is C19H28N2O. The summed E-state index contributed by atoms with van der Waals surface area (Å²) >= 11 is 0. The Morgan fingerprint density at radius 1 is 1.14 bits per heavy atom. The van der Waals surface area contributed by atoms with E-state index in [9.17, 15) is 4.79 Å². The first-order valence-electron chi connectivity index (χ1n) is 8.82. The van der Waals surface area contributed by atoms with Crippen molar-refractivity contribution in [2.75, 3.05) is 24.5 Å². The zero-order valence-electron chi connectivity index (χ0n) is 13.7. The van der Waals surface area contributed by atoms with Gasteiger partial charge >= 0.3 is 0 Å². The second kappa shape index (κ2) is 7.17. The van der Waals surface area contributed by atoms with Crippen molar-refractivity contribution in [2.45, 2.75) is 45.4 Å². The van der Waals surface area contributed by atoms with Gasteiger partial charge in [-0.3, -0.25) is 4.79 Å². The predicted molar refractivity (Wildman–Crippen MR) is 91.1 cm³/mol. The molecule has 0 bridgehead atoms. The lowest BCUT2D eigenvalue weighted by molar-refractivity contribution is -0.126. The van der Waals surface area contributed by atoms with E-state index in [2.05, 4.69) is 41.4 Å². The maximum absolute atomic E-state index is 12.2. The summed E-state index contributed by atoms with van der Waals surface area (Å²) in [7, 11) is 0. The van der Waals surface area contributed by atoms with E-state index in [4.69, 9.17) is 0 Å². The van der Waals surface area contributed by atoms with Gasteiger partial charge in [0.05, 0.1) is 0 Å². The molecule has 0 aromatic heterocycles. The number of hydrogen-bond donors (Lipinski definition) is 1. The van der Waals surface area contributed by atoms with Gasteiger partial charge in [0.25, 0.3) is 0 Å². The number of amides is 1. The third-order valence-electron chi connectivity index (χ3n) is 5.23. The van der Waals surface area contributed by atoms with E-state index in [-0.39, 0.29) is 5.92 Å². The molecule has 1 N–H and O–H groups in total. The van der Waals surface area contributed by atoms with Crippen LogP contribution in [0.2, 0.25) is 0 Å². The third-order valence-corrected chi connectivity index (χ3v) is 5.23. The number of nitrogens with one attached hydrogen (secondary N) is 1. The first-order valence-corrected chi connectivity index (χ1v) is 8.82. The van der Waals surface area contributed by atoms with Gasteiger partial charge in [0.15, 0.2) is 0 Å². The Bertz CT molecular complexity index is 491. The van der Waals surface area contributed by atoms with Gasteiger partial charge in [0, 0.05) is 31.2 Å². The number of carbonyl (C=O) groups excluding carboxylic acids is 1. The molecule has 1 saturated heterocycles. The highest BCUT2D eigenvalue weighted by Crippen LogP contribution is 2.25. The Morgan fingerprint density at radius 2 is 1.86 bits per heavy atom. The Morgan fingerprint density at radius 3 is 2.59 bits per heavy atom. The molecule has 1 saturated carbocycles. The molecule has 1 aromatic rings. The van der Waals surface area contributed by atoms with Crippen molar-refractivity contribution < 1.29 is 4.79 Å². The second-order valence-electron chi connectivity index (χ2n) is 7.02. The van der Waals surface area contributed by atoms with Crippen LogP contribution in [-0.2, 0) is 4.79 Å². The summed E-state index contributed by atoms with van der Waals surface area (Å²) < 4.78 is 0. The zero-order chi connectivity index (χ0) is 15.4. The van der Waals surface area contributed by atoms with Crippen molar-refractivity contribution in [3.8, 4) is 0 Å². The summed E-state index contributed by atoms with van der Waals surface area (Å²) in [5.74, 6) is 1.17. The Hall–Kier alpha value is -1.51. The van der Waals surface area contributed by atoms with Crippen LogP contribution >= 0.6 is 0 Å². The Balaban J connectivity index is 1.44. The molecule has 1 aliphatic carbocycles. The van der Waals surface area contributed by atoms with Crippen LogP contribution in [0.5, 0.6) is 0 Å². The molecule has 22 heavy (non-hydrogen) atoms. The van der Waals surface area contributed by atoms with Crippen LogP contribution in [0.25, 0.3) is 0 Å². The second-order valence-corrected chi connectivity index (χ2v) is 7.02. The predicted octanol–water partition coefficient (Wildman–Crippen LogP) is 3.52. The van der Waals surface area contributed by atoms with Gasteiger partial charge in [-0.15, -0.1) is 0 Å². The molecule has 3 nitrogen and oxygen atoms in total. The fraction of sp³-hybridized carbons (Fsp3) is 0.632. The molecule has 3 rings (SSSR count). The average molecular weight is 300 g/mol. The van der Waals surface area contributed by atoms with Crippen molar-refractivity contribution in [2.24, 2.45) is 11.8 Å². The molecule has 0 spiro atoms. The Labute approximate surface area is 134 Å². The van der Waals surface area contributed by atoms with Gasteiger partial charge in [-0.25, -0.2) is 0 Å².